The van der Waals surface area contributed by atoms with Crippen LogP contribution >= 0.6 is 0 Å². The topological polar surface area (TPSA) is 55.4 Å². The molecule has 106 valence electrons. The van der Waals surface area contributed by atoms with Gasteiger partial charge in [-0.05, 0) is 36.8 Å². The molecule has 0 aliphatic carbocycles. The summed E-state index contributed by atoms with van der Waals surface area (Å²) < 4.78 is 32.0. The average Bonchev–Trinajstić information content (AvgIpc) is 2.42. The molecule has 0 unspecified atom stereocenters. The Bertz CT molecular complexity index is 661. The summed E-state index contributed by atoms with van der Waals surface area (Å²) in [6.45, 7) is 2.42. The highest BCUT2D eigenvalue weighted by molar-refractivity contribution is 7.92. The lowest BCUT2D eigenvalue weighted by molar-refractivity contribution is 0.185. The van der Waals surface area contributed by atoms with Crippen LogP contribution in [0.1, 0.15) is 11.1 Å². The van der Waals surface area contributed by atoms with Crippen molar-refractivity contribution >= 4 is 15.7 Å². The first-order valence-corrected chi connectivity index (χ1v) is 7.67. The SMILES string of the molecule is COCc1ccc(S(=O)(=O)Nc2ccc(C)cc2)cc1. The lowest BCUT2D eigenvalue weighted by Gasteiger charge is -2.09. The molecule has 2 aromatic carbocycles. The van der Waals surface area contributed by atoms with Crippen LogP contribution < -0.4 is 4.72 Å². The normalized spacial score (nSPS) is 11.3. The maximum absolute atomic E-state index is 12.2. The zero-order chi connectivity index (χ0) is 14.6. The molecule has 2 aromatic rings. The van der Waals surface area contributed by atoms with E-state index in [1.807, 2.05) is 19.1 Å². The van der Waals surface area contributed by atoms with Crippen LogP contribution in [0.25, 0.3) is 0 Å². The van der Waals surface area contributed by atoms with Crippen molar-refractivity contribution in [3.8, 4) is 0 Å². The van der Waals surface area contributed by atoms with Gasteiger partial charge in [0.2, 0.25) is 0 Å². The van der Waals surface area contributed by atoms with Crippen LogP contribution in [-0.4, -0.2) is 15.5 Å². The smallest absolute Gasteiger partial charge is 0.261 e. The highest BCUT2D eigenvalue weighted by Gasteiger charge is 2.13. The van der Waals surface area contributed by atoms with E-state index in [9.17, 15) is 8.42 Å². The molecule has 0 atom stereocenters. The average molecular weight is 291 g/mol. The van der Waals surface area contributed by atoms with Gasteiger partial charge in [-0.2, -0.15) is 0 Å². The van der Waals surface area contributed by atoms with Crippen LogP contribution in [-0.2, 0) is 21.4 Å². The lowest BCUT2D eigenvalue weighted by atomic mass is 10.2. The van der Waals surface area contributed by atoms with Crippen molar-refractivity contribution in [1.82, 2.24) is 0 Å². The van der Waals surface area contributed by atoms with E-state index in [1.54, 1.807) is 43.5 Å². The zero-order valence-electron chi connectivity index (χ0n) is 11.5. The molecule has 0 aliphatic rings. The summed E-state index contributed by atoms with van der Waals surface area (Å²) in [5.41, 5.74) is 2.57. The van der Waals surface area contributed by atoms with Gasteiger partial charge in [-0.15, -0.1) is 0 Å². The van der Waals surface area contributed by atoms with Gasteiger partial charge in [-0.1, -0.05) is 29.8 Å². The molecule has 2 rings (SSSR count). The number of rotatable bonds is 5. The molecule has 0 aromatic heterocycles. The largest absolute Gasteiger partial charge is 0.380 e. The lowest BCUT2D eigenvalue weighted by Crippen LogP contribution is -2.12. The van der Waals surface area contributed by atoms with E-state index in [0.717, 1.165) is 11.1 Å². The van der Waals surface area contributed by atoms with Gasteiger partial charge in [0.25, 0.3) is 10.0 Å². The van der Waals surface area contributed by atoms with E-state index in [4.69, 9.17) is 4.74 Å². The van der Waals surface area contributed by atoms with E-state index in [-0.39, 0.29) is 4.90 Å². The first-order chi connectivity index (χ1) is 9.51. The van der Waals surface area contributed by atoms with Gasteiger partial charge < -0.3 is 4.74 Å². The molecule has 4 nitrogen and oxygen atoms in total. The molecule has 0 aliphatic heterocycles. The van der Waals surface area contributed by atoms with Crippen LogP contribution in [0.3, 0.4) is 0 Å². The number of methoxy groups -OCH3 is 1. The van der Waals surface area contributed by atoms with Crippen LogP contribution in [0.15, 0.2) is 53.4 Å². The third kappa shape index (κ3) is 3.59. The number of aryl methyl sites for hydroxylation is 1. The summed E-state index contributed by atoms with van der Waals surface area (Å²) in [5.74, 6) is 0. The van der Waals surface area contributed by atoms with E-state index in [1.165, 1.54) is 0 Å². The molecule has 5 heteroatoms. The number of nitrogens with one attached hydrogen (secondary N) is 1. The van der Waals surface area contributed by atoms with Crippen molar-refractivity contribution in [3.05, 3.63) is 59.7 Å². The Balaban J connectivity index is 2.19. The number of sulfonamides is 1. The predicted octanol–water partition coefficient (Wildman–Crippen LogP) is 2.94. The number of benzene rings is 2. The molecule has 0 radical (unpaired) electrons. The summed E-state index contributed by atoms with van der Waals surface area (Å²) in [6, 6.07) is 13.8. The van der Waals surface area contributed by atoms with Gasteiger partial charge in [0.15, 0.2) is 0 Å². The molecular weight excluding hydrogens is 274 g/mol. The number of anilines is 1. The van der Waals surface area contributed by atoms with E-state index < -0.39 is 10.0 Å². The number of hydrogen-bond acceptors (Lipinski definition) is 3. The summed E-state index contributed by atoms with van der Waals surface area (Å²) in [7, 11) is -1.95. The third-order valence-electron chi connectivity index (χ3n) is 2.85. The van der Waals surface area contributed by atoms with Crippen molar-refractivity contribution in [3.63, 3.8) is 0 Å². The monoisotopic (exact) mass is 291 g/mol. The number of ether oxygens (including phenoxy) is 1. The second kappa shape index (κ2) is 6.07. The van der Waals surface area contributed by atoms with Gasteiger partial charge >= 0.3 is 0 Å². The second-order valence-corrected chi connectivity index (χ2v) is 6.23. The molecule has 0 spiro atoms. The molecule has 20 heavy (non-hydrogen) atoms. The second-order valence-electron chi connectivity index (χ2n) is 4.55. The summed E-state index contributed by atoms with van der Waals surface area (Å²) in [5, 5.41) is 0. The van der Waals surface area contributed by atoms with Gasteiger partial charge in [0.1, 0.15) is 0 Å². The fourth-order valence-electron chi connectivity index (χ4n) is 1.77. The standard InChI is InChI=1S/C15H17NO3S/c1-12-3-7-14(8-4-12)16-20(17,18)15-9-5-13(6-10-15)11-19-2/h3-10,16H,11H2,1-2H3. The highest BCUT2D eigenvalue weighted by Crippen LogP contribution is 2.17. The van der Waals surface area contributed by atoms with E-state index >= 15 is 0 Å². The Kier molecular flexibility index (Phi) is 4.42. The maximum Gasteiger partial charge on any atom is 0.261 e. The van der Waals surface area contributed by atoms with Gasteiger partial charge in [-0.3, -0.25) is 4.72 Å². The third-order valence-corrected chi connectivity index (χ3v) is 4.25. The Morgan fingerprint density at radius 3 is 2.15 bits per heavy atom. The van der Waals surface area contributed by atoms with E-state index in [2.05, 4.69) is 4.72 Å². The first kappa shape index (κ1) is 14.6. The predicted molar refractivity (Wildman–Crippen MR) is 79.1 cm³/mol. The summed E-state index contributed by atoms with van der Waals surface area (Å²) in [6.07, 6.45) is 0. The van der Waals surface area contributed by atoms with Crippen LogP contribution in [0.5, 0.6) is 0 Å². The zero-order valence-corrected chi connectivity index (χ0v) is 12.3. The fourth-order valence-corrected chi connectivity index (χ4v) is 2.83. The van der Waals surface area contributed by atoms with Gasteiger partial charge in [0.05, 0.1) is 11.5 Å². The Labute approximate surface area is 119 Å². The highest BCUT2D eigenvalue weighted by atomic mass is 32.2. The molecule has 0 fully saturated rings. The van der Waals surface area contributed by atoms with Gasteiger partial charge in [0, 0.05) is 12.8 Å². The molecule has 1 N–H and O–H groups in total. The van der Waals surface area contributed by atoms with Crippen LogP contribution in [0, 0.1) is 6.92 Å². The van der Waals surface area contributed by atoms with Crippen molar-refractivity contribution in [2.75, 3.05) is 11.8 Å². The Hall–Kier alpha value is -1.85. The van der Waals surface area contributed by atoms with Crippen molar-refractivity contribution in [2.45, 2.75) is 18.4 Å². The van der Waals surface area contributed by atoms with Crippen molar-refractivity contribution in [1.29, 1.82) is 0 Å². The van der Waals surface area contributed by atoms with Crippen LogP contribution in [0.2, 0.25) is 0 Å². The fraction of sp³-hybridized carbons (Fsp3) is 0.200. The molecule has 0 bridgehead atoms. The van der Waals surface area contributed by atoms with Gasteiger partial charge in [-0.25, -0.2) is 8.42 Å². The molecular formula is C15H17NO3S. The van der Waals surface area contributed by atoms with E-state index in [0.29, 0.717) is 12.3 Å². The maximum atomic E-state index is 12.2. The summed E-state index contributed by atoms with van der Waals surface area (Å²) in [4.78, 5) is 0.234. The number of hydrogen-bond donors (Lipinski definition) is 1. The summed E-state index contributed by atoms with van der Waals surface area (Å²) >= 11 is 0. The van der Waals surface area contributed by atoms with Crippen LogP contribution in [0.4, 0.5) is 5.69 Å². The first-order valence-electron chi connectivity index (χ1n) is 6.18. The Morgan fingerprint density at radius 1 is 1.00 bits per heavy atom. The quantitative estimate of drug-likeness (QED) is 0.921. The molecule has 0 amide bonds. The molecule has 0 saturated heterocycles. The van der Waals surface area contributed by atoms with Crippen molar-refractivity contribution in [2.24, 2.45) is 0 Å². The minimum atomic E-state index is -3.55. The molecule has 0 saturated carbocycles. The minimum absolute atomic E-state index is 0.234. The Morgan fingerprint density at radius 2 is 1.60 bits per heavy atom. The molecule has 0 heterocycles. The minimum Gasteiger partial charge on any atom is -0.380 e. The van der Waals surface area contributed by atoms with Crippen molar-refractivity contribution < 1.29 is 13.2 Å².